The van der Waals surface area contributed by atoms with Gasteiger partial charge in [0.15, 0.2) is 22.5 Å². The number of hydrogen-bond acceptors (Lipinski definition) is 8. The summed E-state index contributed by atoms with van der Waals surface area (Å²) in [5.74, 6) is -1.15. The van der Waals surface area contributed by atoms with Crippen LogP contribution in [-0.4, -0.2) is 69.7 Å². The molecule has 1 amide bonds. The van der Waals surface area contributed by atoms with Gasteiger partial charge in [0.25, 0.3) is 5.91 Å². The van der Waals surface area contributed by atoms with Crippen LogP contribution in [0.3, 0.4) is 0 Å². The minimum atomic E-state index is -1.09. The minimum Gasteiger partial charge on any atom is -0.370 e. The van der Waals surface area contributed by atoms with Crippen LogP contribution in [0, 0.1) is 5.92 Å². The van der Waals surface area contributed by atoms with E-state index >= 15 is 0 Å². The normalized spacial score (nSPS) is 21.8. The van der Waals surface area contributed by atoms with E-state index in [1.807, 2.05) is 59.6 Å². The molecule has 3 aromatic rings. The predicted molar refractivity (Wildman–Crippen MR) is 155 cm³/mol. The van der Waals surface area contributed by atoms with Crippen molar-refractivity contribution < 1.29 is 14.4 Å². The van der Waals surface area contributed by atoms with Gasteiger partial charge < -0.3 is 17.2 Å². The van der Waals surface area contributed by atoms with Crippen molar-refractivity contribution in [2.24, 2.45) is 28.1 Å². The Hall–Kier alpha value is -3.67. The van der Waals surface area contributed by atoms with Crippen LogP contribution < -0.4 is 17.2 Å². The monoisotopic (exact) mass is 561 g/mol. The molecule has 2 aromatic carbocycles. The van der Waals surface area contributed by atoms with Crippen LogP contribution in [0.5, 0.6) is 0 Å². The number of hydrazine groups is 1. The van der Waals surface area contributed by atoms with Gasteiger partial charge in [0.1, 0.15) is 11.6 Å². The fraction of sp³-hybridized carbons (Fsp3) is 0.414. The molecule has 2 aliphatic heterocycles. The number of para-hydroxylation sites is 1. The Morgan fingerprint density at radius 2 is 1.85 bits per heavy atom. The zero-order valence-corrected chi connectivity index (χ0v) is 23.2. The van der Waals surface area contributed by atoms with Gasteiger partial charge in [-0.3, -0.25) is 24.4 Å². The number of guanidine groups is 1. The first-order chi connectivity index (χ1) is 19.2. The summed E-state index contributed by atoms with van der Waals surface area (Å²) in [5.41, 5.74) is 18.3. The van der Waals surface area contributed by atoms with Crippen LogP contribution in [0.25, 0.3) is 10.2 Å². The lowest BCUT2D eigenvalue weighted by Gasteiger charge is -2.44. The van der Waals surface area contributed by atoms with Crippen LogP contribution in [0.2, 0.25) is 0 Å². The quantitative estimate of drug-likeness (QED) is 0.139. The van der Waals surface area contributed by atoms with Gasteiger partial charge >= 0.3 is 0 Å². The minimum absolute atomic E-state index is 0.00905. The number of carbonyl (C=O) groups is 3. The largest absolute Gasteiger partial charge is 0.370 e. The van der Waals surface area contributed by atoms with Crippen LogP contribution >= 0.6 is 11.3 Å². The molecule has 0 spiro atoms. The molecule has 0 bridgehead atoms. The predicted octanol–water partition coefficient (Wildman–Crippen LogP) is 2.27. The van der Waals surface area contributed by atoms with E-state index in [4.69, 9.17) is 17.2 Å². The number of carbonyl (C=O) groups excluding carboxylic acids is 3. The van der Waals surface area contributed by atoms with Gasteiger partial charge in [-0.1, -0.05) is 42.5 Å². The number of hydrogen-bond donors (Lipinski definition) is 3. The third kappa shape index (κ3) is 5.91. The summed E-state index contributed by atoms with van der Waals surface area (Å²) in [6.07, 6.45) is 2.41. The first kappa shape index (κ1) is 27.9. The molecule has 10 nitrogen and oxygen atoms in total. The number of aliphatic imine (C=N–C) groups is 1. The topological polar surface area (TPSA) is 161 Å². The highest BCUT2D eigenvalue weighted by atomic mass is 32.1. The Balaban J connectivity index is 1.33. The second kappa shape index (κ2) is 11.8. The maximum Gasteiger partial charge on any atom is 0.258 e. The Labute approximate surface area is 237 Å². The second-order valence-electron chi connectivity index (χ2n) is 10.6. The molecule has 3 heterocycles. The maximum absolute atomic E-state index is 13.8. The molecule has 1 aromatic heterocycles. The van der Waals surface area contributed by atoms with E-state index in [0.717, 1.165) is 15.8 Å². The number of benzene rings is 2. The zero-order chi connectivity index (χ0) is 28.3. The molecule has 11 heteroatoms. The number of thiazole rings is 1. The summed E-state index contributed by atoms with van der Waals surface area (Å²) >= 11 is 1.33. The molecule has 40 heavy (non-hydrogen) atoms. The summed E-state index contributed by atoms with van der Waals surface area (Å²) in [5, 5.41) is 3.89. The lowest BCUT2D eigenvalue weighted by molar-refractivity contribution is -0.165. The molecule has 3 atom stereocenters. The third-order valence-electron chi connectivity index (χ3n) is 7.77. The third-order valence-corrected chi connectivity index (χ3v) is 8.82. The van der Waals surface area contributed by atoms with Crippen LogP contribution in [0.1, 0.15) is 47.5 Å². The average molecular weight is 562 g/mol. The van der Waals surface area contributed by atoms with E-state index in [1.54, 1.807) is 5.01 Å². The SMILES string of the molecule is NC(N)=NCCCC(CC(=O)[C@@H]1CCN2CC[C@](N)(Cc3ccccc3)C(=O)N12)C(=O)c1nc2ccccc2s1. The lowest BCUT2D eigenvalue weighted by Crippen LogP contribution is -2.66. The highest BCUT2D eigenvalue weighted by Gasteiger charge is 2.50. The van der Waals surface area contributed by atoms with Crippen molar-refractivity contribution in [2.45, 2.75) is 50.1 Å². The summed E-state index contributed by atoms with van der Waals surface area (Å²) in [6, 6.07) is 16.6. The smallest absolute Gasteiger partial charge is 0.258 e. The molecule has 1 unspecified atom stereocenters. The average Bonchev–Trinajstić information content (AvgIpc) is 3.57. The van der Waals surface area contributed by atoms with Gasteiger partial charge in [-0.25, -0.2) is 9.99 Å². The van der Waals surface area contributed by atoms with Crippen molar-refractivity contribution in [1.82, 2.24) is 15.0 Å². The highest BCUT2D eigenvalue weighted by molar-refractivity contribution is 7.20. The molecule has 6 N–H and O–H groups in total. The fourth-order valence-corrected chi connectivity index (χ4v) is 6.66. The number of ketones is 2. The van der Waals surface area contributed by atoms with E-state index < -0.39 is 17.5 Å². The number of fused-ring (bicyclic) bond motifs is 2. The summed E-state index contributed by atoms with van der Waals surface area (Å²) < 4.78 is 0.916. The Bertz CT molecular complexity index is 1390. The van der Waals surface area contributed by atoms with Crippen molar-refractivity contribution in [2.75, 3.05) is 19.6 Å². The summed E-state index contributed by atoms with van der Waals surface area (Å²) in [4.78, 5) is 49.7. The summed E-state index contributed by atoms with van der Waals surface area (Å²) in [7, 11) is 0. The van der Waals surface area contributed by atoms with Gasteiger partial charge in [0, 0.05) is 32.0 Å². The molecular formula is C29H35N7O3S. The van der Waals surface area contributed by atoms with Crippen LogP contribution in [-0.2, 0) is 16.0 Å². The van der Waals surface area contributed by atoms with E-state index in [2.05, 4.69) is 9.98 Å². The van der Waals surface area contributed by atoms with Gasteiger partial charge in [-0.05, 0) is 49.8 Å². The van der Waals surface area contributed by atoms with Crippen LogP contribution in [0.15, 0.2) is 59.6 Å². The molecule has 2 saturated heterocycles. The number of Topliss-reactive ketones (excluding diaryl/α,β-unsaturated/α-hetero) is 2. The number of nitrogens with two attached hydrogens (primary N) is 3. The van der Waals surface area contributed by atoms with E-state index in [-0.39, 0.29) is 29.9 Å². The van der Waals surface area contributed by atoms with Gasteiger partial charge in [-0.15, -0.1) is 11.3 Å². The molecule has 0 saturated carbocycles. The van der Waals surface area contributed by atoms with Crippen LogP contribution in [0.4, 0.5) is 0 Å². The van der Waals surface area contributed by atoms with Crippen molar-refractivity contribution >= 4 is 45.0 Å². The molecule has 0 radical (unpaired) electrons. The first-order valence-electron chi connectivity index (χ1n) is 13.6. The standard InChI is InChI=1S/C29H35N7O3S/c30-28(31)33-14-6-9-20(25(38)26-34-21-10-4-5-11-24(21)40-26)17-23(37)22-12-15-35-16-13-29(32,27(39)36(22)35)18-19-7-2-1-3-8-19/h1-5,7-8,10-11,20,22H,6,9,12-18,32H2,(H4,30,31,33)/t20?,22-,29-/m0/s1. The summed E-state index contributed by atoms with van der Waals surface area (Å²) in [6.45, 7) is 1.56. The highest BCUT2D eigenvalue weighted by Crippen LogP contribution is 2.33. The van der Waals surface area contributed by atoms with E-state index in [9.17, 15) is 14.4 Å². The number of rotatable bonds is 11. The molecule has 5 rings (SSSR count). The molecular weight excluding hydrogens is 526 g/mol. The van der Waals surface area contributed by atoms with Crippen molar-refractivity contribution in [3.8, 4) is 0 Å². The van der Waals surface area contributed by atoms with Crippen molar-refractivity contribution in [1.29, 1.82) is 0 Å². The Morgan fingerprint density at radius 3 is 2.60 bits per heavy atom. The van der Waals surface area contributed by atoms with Gasteiger partial charge in [0.05, 0.1) is 10.2 Å². The molecule has 0 aliphatic carbocycles. The number of nitrogens with zero attached hydrogens (tertiary/aromatic N) is 4. The zero-order valence-electron chi connectivity index (χ0n) is 22.4. The molecule has 2 fully saturated rings. The van der Waals surface area contributed by atoms with E-state index in [0.29, 0.717) is 56.7 Å². The number of aromatic nitrogens is 1. The second-order valence-corrected chi connectivity index (χ2v) is 11.7. The van der Waals surface area contributed by atoms with Gasteiger partial charge in [-0.2, -0.15) is 0 Å². The number of amides is 1. The van der Waals surface area contributed by atoms with E-state index in [1.165, 1.54) is 11.3 Å². The fourth-order valence-electron chi connectivity index (χ4n) is 5.68. The Kier molecular flexibility index (Phi) is 8.24. The van der Waals surface area contributed by atoms with Crippen molar-refractivity contribution in [3.63, 3.8) is 0 Å². The molecule has 2 aliphatic rings. The lowest BCUT2D eigenvalue weighted by atomic mass is 9.85. The molecule has 210 valence electrons. The Morgan fingerprint density at radius 1 is 1.10 bits per heavy atom. The van der Waals surface area contributed by atoms with Gasteiger partial charge in [0.2, 0.25) is 0 Å². The van der Waals surface area contributed by atoms with Crippen molar-refractivity contribution in [3.05, 3.63) is 65.2 Å². The first-order valence-corrected chi connectivity index (χ1v) is 14.5. The maximum atomic E-state index is 13.8.